The smallest absolute Gasteiger partial charge is 0.246 e. The molecule has 0 bridgehead atoms. The highest BCUT2D eigenvalue weighted by Gasteiger charge is 2.20. The SMILES string of the molecule is Nc1ccn(CC(=O)Nc2c(F)c(F)cc(F)c2F)n1. The molecule has 106 valence electrons. The van der Waals surface area contributed by atoms with Crippen molar-refractivity contribution >= 4 is 17.4 Å². The third-order valence-corrected chi connectivity index (χ3v) is 2.34. The molecule has 20 heavy (non-hydrogen) atoms. The first kappa shape index (κ1) is 13.8. The minimum absolute atomic E-state index is 0.0501. The van der Waals surface area contributed by atoms with Crippen LogP contribution in [-0.4, -0.2) is 15.7 Å². The van der Waals surface area contributed by atoms with Crippen molar-refractivity contribution in [1.82, 2.24) is 9.78 Å². The lowest BCUT2D eigenvalue weighted by Crippen LogP contribution is -2.21. The number of nitrogens with two attached hydrogens (primary N) is 1. The molecule has 0 fully saturated rings. The van der Waals surface area contributed by atoms with Gasteiger partial charge in [0, 0.05) is 12.3 Å². The quantitative estimate of drug-likeness (QED) is 0.666. The van der Waals surface area contributed by atoms with Crippen LogP contribution in [-0.2, 0) is 11.3 Å². The van der Waals surface area contributed by atoms with Crippen LogP contribution in [0.5, 0.6) is 0 Å². The van der Waals surface area contributed by atoms with Gasteiger partial charge >= 0.3 is 0 Å². The average molecular weight is 288 g/mol. The van der Waals surface area contributed by atoms with Crippen LogP contribution in [0.15, 0.2) is 18.3 Å². The van der Waals surface area contributed by atoms with Crippen LogP contribution in [0.1, 0.15) is 0 Å². The number of carbonyl (C=O) groups excluding carboxylic acids is 1. The lowest BCUT2D eigenvalue weighted by molar-refractivity contribution is -0.116. The molecule has 0 aliphatic heterocycles. The van der Waals surface area contributed by atoms with E-state index in [9.17, 15) is 22.4 Å². The Labute approximate surface area is 110 Å². The maximum atomic E-state index is 13.3. The largest absolute Gasteiger partial charge is 0.382 e. The van der Waals surface area contributed by atoms with Gasteiger partial charge in [0.2, 0.25) is 5.91 Å². The van der Waals surface area contributed by atoms with E-state index in [0.29, 0.717) is 0 Å². The normalized spacial score (nSPS) is 10.6. The van der Waals surface area contributed by atoms with Crippen molar-refractivity contribution in [3.05, 3.63) is 41.6 Å². The first-order chi connectivity index (χ1) is 9.38. The molecular formula is C11H8F4N4O. The zero-order chi connectivity index (χ0) is 14.9. The van der Waals surface area contributed by atoms with Gasteiger partial charge in [-0.3, -0.25) is 9.48 Å². The number of rotatable bonds is 3. The number of amides is 1. The van der Waals surface area contributed by atoms with Crippen LogP contribution < -0.4 is 11.1 Å². The Bertz CT molecular complexity index is 644. The Morgan fingerprint density at radius 2 is 1.85 bits per heavy atom. The summed E-state index contributed by atoms with van der Waals surface area (Å²) in [6, 6.07) is 1.45. The molecule has 0 unspecified atom stereocenters. The van der Waals surface area contributed by atoms with E-state index in [-0.39, 0.29) is 11.9 Å². The summed E-state index contributed by atoms with van der Waals surface area (Å²) >= 11 is 0. The summed E-state index contributed by atoms with van der Waals surface area (Å²) in [5, 5.41) is 5.42. The Balaban J connectivity index is 2.20. The molecule has 9 heteroatoms. The standard InChI is InChI=1S/C11H8F4N4O/c12-5-3-6(13)10(15)11(9(5)14)17-8(20)4-19-2-1-7(16)18-19/h1-3H,4H2,(H2,16,18)(H,17,20). The number of nitrogens with one attached hydrogen (secondary N) is 1. The molecule has 1 aromatic heterocycles. The van der Waals surface area contributed by atoms with Crippen molar-refractivity contribution in [2.45, 2.75) is 6.54 Å². The van der Waals surface area contributed by atoms with E-state index in [0.717, 1.165) is 4.68 Å². The molecule has 0 atom stereocenters. The van der Waals surface area contributed by atoms with Gasteiger partial charge < -0.3 is 11.1 Å². The van der Waals surface area contributed by atoms with Crippen LogP contribution in [0.3, 0.4) is 0 Å². The van der Waals surface area contributed by atoms with Crippen molar-refractivity contribution in [1.29, 1.82) is 0 Å². The molecule has 3 N–H and O–H groups in total. The van der Waals surface area contributed by atoms with E-state index in [1.54, 1.807) is 5.32 Å². The van der Waals surface area contributed by atoms with E-state index >= 15 is 0 Å². The number of hydrogen-bond donors (Lipinski definition) is 2. The number of aromatic nitrogens is 2. The minimum atomic E-state index is -1.68. The second kappa shape index (κ2) is 5.19. The van der Waals surface area contributed by atoms with E-state index in [2.05, 4.69) is 5.10 Å². The van der Waals surface area contributed by atoms with Crippen molar-refractivity contribution in [3.63, 3.8) is 0 Å². The van der Waals surface area contributed by atoms with Crippen molar-refractivity contribution < 1.29 is 22.4 Å². The van der Waals surface area contributed by atoms with Crippen molar-refractivity contribution in [2.24, 2.45) is 0 Å². The van der Waals surface area contributed by atoms with Gasteiger partial charge in [0.05, 0.1) is 0 Å². The van der Waals surface area contributed by atoms with E-state index in [1.165, 1.54) is 12.3 Å². The summed E-state index contributed by atoms with van der Waals surface area (Å²) in [4.78, 5) is 11.5. The van der Waals surface area contributed by atoms with Gasteiger partial charge in [0.15, 0.2) is 23.3 Å². The summed E-state index contributed by atoms with van der Waals surface area (Å²) in [5.41, 5.74) is 4.12. The second-order valence-corrected chi connectivity index (χ2v) is 3.83. The summed E-state index contributed by atoms with van der Waals surface area (Å²) in [5.74, 6) is -7.36. The van der Waals surface area contributed by atoms with Gasteiger partial charge in [-0.25, -0.2) is 17.6 Å². The molecule has 0 saturated carbocycles. The van der Waals surface area contributed by atoms with Crippen molar-refractivity contribution in [3.8, 4) is 0 Å². The Hall–Kier alpha value is -2.58. The minimum Gasteiger partial charge on any atom is -0.382 e. The lowest BCUT2D eigenvalue weighted by atomic mass is 10.2. The fourth-order valence-electron chi connectivity index (χ4n) is 1.47. The monoisotopic (exact) mass is 288 g/mol. The number of benzene rings is 1. The van der Waals surface area contributed by atoms with Gasteiger partial charge in [0.1, 0.15) is 18.1 Å². The van der Waals surface area contributed by atoms with E-state index in [4.69, 9.17) is 5.73 Å². The third kappa shape index (κ3) is 2.71. The number of anilines is 2. The van der Waals surface area contributed by atoms with E-state index in [1.807, 2.05) is 0 Å². The Kier molecular flexibility index (Phi) is 3.59. The first-order valence-electron chi connectivity index (χ1n) is 5.30. The Morgan fingerprint density at radius 1 is 1.25 bits per heavy atom. The molecule has 5 nitrogen and oxygen atoms in total. The van der Waals surface area contributed by atoms with Crippen LogP contribution in [0.4, 0.5) is 29.1 Å². The van der Waals surface area contributed by atoms with Crippen LogP contribution >= 0.6 is 0 Å². The molecule has 2 aromatic rings. The summed E-state index contributed by atoms with van der Waals surface area (Å²) < 4.78 is 53.6. The summed E-state index contributed by atoms with van der Waals surface area (Å²) in [6.07, 6.45) is 1.35. The predicted octanol–water partition coefficient (Wildman–Crippen LogP) is 1.66. The number of nitrogens with zero attached hydrogens (tertiary/aromatic N) is 2. The Morgan fingerprint density at radius 3 is 2.35 bits per heavy atom. The molecule has 0 spiro atoms. The zero-order valence-electron chi connectivity index (χ0n) is 9.83. The number of nitrogen functional groups attached to an aromatic ring is 1. The van der Waals surface area contributed by atoms with Gasteiger partial charge in [-0.05, 0) is 6.07 Å². The topological polar surface area (TPSA) is 72.9 Å². The fraction of sp³-hybridized carbons (Fsp3) is 0.0909. The number of halogens is 4. The summed E-state index contributed by atoms with van der Waals surface area (Å²) in [7, 11) is 0. The van der Waals surface area contributed by atoms with Gasteiger partial charge in [-0.15, -0.1) is 0 Å². The molecule has 0 aliphatic rings. The van der Waals surface area contributed by atoms with Crippen LogP contribution in [0.2, 0.25) is 0 Å². The lowest BCUT2D eigenvalue weighted by Gasteiger charge is -2.09. The molecule has 0 saturated heterocycles. The molecule has 0 radical (unpaired) electrons. The van der Waals surface area contributed by atoms with E-state index < -0.39 is 41.4 Å². The highest BCUT2D eigenvalue weighted by Crippen LogP contribution is 2.24. The number of hydrogen-bond acceptors (Lipinski definition) is 3. The summed E-state index contributed by atoms with van der Waals surface area (Å²) in [6.45, 7) is -0.422. The second-order valence-electron chi connectivity index (χ2n) is 3.83. The first-order valence-corrected chi connectivity index (χ1v) is 5.30. The van der Waals surface area contributed by atoms with Gasteiger partial charge in [-0.1, -0.05) is 0 Å². The highest BCUT2D eigenvalue weighted by molar-refractivity contribution is 5.90. The molecule has 0 aliphatic carbocycles. The number of carbonyl (C=O) groups is 1. The van der Waals surface area contributed by atoms with Crippen molar-refractivity contribution in [2.75, 3.05) is 11.1 Å². The maximum Gasteiger partial charge on any atom is 0.246 e. The van der Waals surface area contributed by atoms with Gasteiger partial charge in [0.25, 0.3) is 0 Å². The molecule has 1 aromatic carbocycles. The molecule has 1 heterocycles. The van der Waals surface area contributed by atoms with Crippen LogP contribution in [0.25, 0.3) is 0 Å². The zero-order valence-corrected chi connectivity index (χ0v) is 9.83. The predicted molar refractivity (Wildman–Crippen MR) is 61.5 cm³/mol. The van der Waals surface area contributed by atoms with Crippen LogP contribution in [0, 0.1) is 23.3 Å². The average Bonchev–Trinajstić information content (AvgIpc) is 2.77. The fourth-order valence-corrected chi connectivity index (χ4v) is 1.47. The maximum absolute atomic E-state index is 13.3. The molecule has 1 amide bonds. The molecular weight excluding hydrogens is 280 g/mol. The van der Waals surface area contributed by atoms with Gasteiger partial charge in [-0.2, -0.15) is 5.10 Å². The molecule has 2 rings (SSSR count). The third-order valence-electron chi connectivity index (χ3n) is 2.34. The highest BCUT2D eigenvalue weighted by atomic mass is 19.2.